The molecule has 0 unspecified atom stereocenters. The summed E-state index contributed by atoms with van der Waals surface area (Å²) >= 11 is 0. The van der Waals surface area contributed by atoms with E-state index in [-0.39, 0.29) is 6.61 Å². The van der Waals surface area contributed by atoms with Crippen molar-refractivity contribution in [3.63, 3.8) is 0 Å². The predicted octanol–water partition coefficient (Wildman–Crippen LogP) is 3.84. The van der Waals surface area contributed by atoms with Gasteiger partial charge in [-0.25, -0.2) is 0 Å². The minimum Gasteiger partial charge on any atom is -0.461 e. The Labute approximate surface area is 185 Å². The van der Waals surface area contributed by atoms with Gasteiger partial charge in [-0.3, -0.25) is 4.79 Å². The third-order valence-electron chi connectivity index (χ3n) is 3.46. The van der Waals surface area contributed by atoms with E-state index in [9.17, 15) is 14.4 Å². The van der Waals surface area contributed by atoms with Gasteiger partial charge in [-0.1, -0.05) is 30.3 Å². The van der Waals surface area contributed by atoms with Crippen molar-refractivity contribution in [2.45, 2.75) is 65.5 Å². The first-order valence-corrected chi connectivity index (χ1v) is 23.5. The molecule has 0 spiro atoms. The van der Waals surface area contributed by atoms with E-state index in [4.69, 9.17) is 21.2 Å². The number of carbonyl (C=O) groups is 1. The van der Waals surface area contributed by atoms with Gasteiger partial charge in [-0.05, 0) is 64.5 Å². The van der Waals surface area contributed by atoms with E-state index in [0.717, 1.165) is 5.56 Å². The lowest BCUT2D eigenvalue weighted by Gasteiger charge is -2.40. The molecule has 0 aliphatic carbocycles. The van der Waals surface area contributed by atoms with Crippen LogP contribution in [-0.2, 0) is 27.8 Å². The van der Waals surface area contributed by atoms with Gasteiger partial charge in [0.15, 0.2) is 0 Å². The summed E-state index contributed by atoms with van der Waals surface area (Å²) < 4.78 is 29.7. The second-order valence-corrected chi connectivity index (χ2v) is 26.1. The summed E-state index contributed by atoms with van der Waals surface area (Å²) in [5, 5.41) is 0. The molecule has 0 fully saturated rings. The average Bonchev–Trinajstić information content (AvgIpc) is 2.47. The van der Waals surface area contributed by atoms with E-state index in [0.29, 0.717) is 0 Å². The summed E-state index contributed by atoms with van der Waals surface area (Å²) in [6, 6.07) is 9.33. The Balaban J connectivity index is 3.11. The van der Waals surface area contributed by atoms with Gasteiger partial charge in [0, 0.05) is 0 Å². The molecule has 8 nitrogen and oxygen atoms in total. The highest BCUT2D eigenvalue weighted by Crippen LogP contribution is 2.27. The van der Waals surface area contributed by atoms with Crippen molar-refractivity contribution >= 4 is 48.4 Å². The predicted molar refractivity (Wildman–Crippen MR) is 127 cm³/mol. The maximum absolute atomic E-state index is 13.1. The van der Waals surface area contributed by atoms with Crippen LogP contribution in [0.5, 0.6) is 0 Å². The first kappa shape index (κ1) is 27.6. The van der Waals surface area contributed by atoms with Crippen LogP contribution in [0.25, 0.3) is 0 Å². The van der Waals surface area contributed by atoms with Gasteiger partial charge in [0.25, 0.3) is 0 Å². The van der Waals surface area contributed by atoms with Gasteiger partial charge >= 0.3 is 48.4 Å². The quantitative estimate of drug-likeness (QED) is 0.435. The van der Waals surface area contributed by atoms with Crippen LogP contribution < -0.4 is 0 Å². The Hall–Kier alpha value is -0.466. The molecule has 1 aromatic carbocycles. The van der Waals surface area contributed by atoms with Crippen molar-refractivity contribution in [3.8, 4) is 0 Å². The topological polar surface area (TPSA) is 104 Å². The minimum absolute atomic E-state index is 0.0845. The van der Waals surface area contributed by atoms with E-state index < -0.39 is 48.4 Å². The normalized spacial score (nSPS) is 14.0. The van der Waals surface area contributed by atoms with Gasteiger partial charge < -0.3 is 30.8 Å². The Morgan fingerprint density at radius 3 is 1.50 bits per heavy atom. The molecule has 13 heteroatoms. The summed E-state index contributed by atoms with van der Waals surface area (Å²) in [5.41, 5.74) is 0.255. The fraction of sp³-hybridized carbons (Fsp3) is 0.588. The summed E-state index contributed by atoms with van der Waals surface area (Å²) in [5.74, 6) is 0. The third kappa shape index (κ3) is 10.7. The highest BCUT2D eigenvalue weighted by Gasteiger charge is 2.54. The maximum Gasteiger partial charge on any atom is 0.442 e. The number of rotatable bonds is 11. The Morgan fingerprint density at radius 1 is 0.733 bits per heavy atom. The zero-order chi connectivity index (χ0) is 23.4. The monoisotopic (exact) mass is 508 g/mol. The smallest absolute Gasteiger partial charge is 0.442 e. The van der Waals surface area contributed by atoms with Crippen molar-refractivity contribution in [1.29, 1.82) is 0 Å². The number of benzene rings is 1. The van der Waals surface area contributed by atoms with Crippen LogP contribution in [-0.4, -0.2) is 58.0 Å². The van der Waals surface area contributed by atoms with Crippen molar-refractivity contribution < 1.29 is 35.6 Å². The third-order valence-corrected chi connectivity index (χ3v) is 19.3. The van der Waals surface area contributed by atoms with Crippen molar-refractivity contribution in [3.05, 3.63) is 35.9 Å². The fourth-order valence-electron chi connectivity index (χ4n) is 3.14. The van der Waals surface area contributed by atoms with Crippen LogP contribution in [0.15, 0.2) is 30.3 Å². The summed E-state index contributed by atoms with van der Waals surface area (Å²) in [7, 11) is -15.3. The molecule has 2 N–H and O–H groups in total. The summed E-state index contributed by atoms with van der Waals surface area (Å²) in [6.07, 6.45) is 0. The zero-order valence-electron chi connectivity index (χ0n) is 19.4. The summed E-state index contributed by atoms with van der Waals surface area (Å²) in [6.45, 7) is 15.3. The van der Waals surface area contributed by atoms with Gasteiger partial charge in [0.2, 0.25) is 0 Å². The molecule has 0 aliphatic heterocycles. The molecule has 0 saturated carbocycles. The molecule has 1 rings (SSSR count). The first-order valence-electron chi connectivity index (χ1n) is 9.79. The second-order valence-electron chi connectivity index (χ2n) is 9.11. The van der Waals surface area contributed by atoms with Crippen LogP contribution in [0.4, 0.5) is 4.79 Å². The molecular formula is C17H36O8Si5. The van der Waals surface area contributed by atoms with Gasteiger partial charge in [0.05, 0.1) is 0 Å². The second kappa shape index (κ2) is 9.99. The maximum atomic E-state index is 13.1. The van der Waals surface area contributed by atoms with E-state index >= 15 is 0 Å². The van der Waals surface area contributed by atoms with Crippen molar-refractivity contribution in [2.75, 3.05) is 0 Å². The molecule has 0 aromatic heterocycles. The lowest BCUT2D eigenvalue weighted by molar-refractivity contribution is 0.148. The fourth-order valence-corrected chi connectivity index (χ4v) is 22.9. The number of hydrogen-bond acceptors (Lipinski definition) is 8. The minimum atomic E-state index is -3.64. The number of hydrogen-bond donors (Lipinski definition) is 2. The van der Waals surface area contributed by atoms with Crippen LogP contribution in [0.1, 0.15) is 5.56 Å². The standard InChI is InChI=1S/C17H36O8Si5/c1-26(2,19)22-28(5,6)24-30(9,25-29(7,8)23-27(3,4)20)17(18)21-15-16-13-11-10-12-14-16/h10-14,19-20H,15H2,1-9H3. The molecule has 172 valence electrons. The lowest BCUT2D eigenvalue weighted by Crippen LogP contribution is -2.63. The van der Waals surface area contributed by atoms with Gasteiger partial charge in [-0.2, -0.15) is 0 Å². The highest BCUT2D eigenvalue weighted by atomic mass is 28.5. The van der Waals surface area contributed by atoms with E-state index in [1.807, 2.05) is 30.3 Å². The Kier molecular flexibility index (Phi) is 9.18. The van der Waals surface area contributed by atoms with Crippen molar-refractivity contribution in [2.24, 2.45) is 0 Å². The van der Waals surface area contributed by atoms with E-state index in [1.165, 1.54) is 0 Å². The molecule has 0 heterocycles. The number of ether oxygens (including phenoxy) is 1. The number of carbonyl (C=O) groups excluding carboxylic acids is 1. The molecule has 30 heavy (non-hydrogen) atoms. The Bertz CT molecular complexity index is 670. The zero-order valence-corrected chi connectivity index (χ0v) is 24.4. The Morgan fingerprint density at radius 2 is 1.13 bits per heavy atom. The molecule has 1 aromatic rings. The van der Waals surface area contributed by atoms with Crippen LogP contribution >= 0.6 is 0 Å². The van der Waals surface area contributed by atoms with Crippen LogP contribution in [0.2, 0.25) is 58.9 Å². The summed E-state index contributed by atoms with van der Waals surface area (Å²) in [4.78, 5) is 33.6. The molecule has 0 saturated heterocycles. The van der Waals surface area contributed by atoms with Crippen LogP contribution in [0.3, 0.4) is 0 Å². The molecule has 0 aliphatic rings. The molecule has 0 bridgehead atoms. The highest BCUT2D eigenvalue weighted by molar-refractivity contribution is 7.03. The van der Waals surface area contributed by atoms with Crippen LogP contribution in [0, 0.1) is 0 Å². The largest absolute Gasteiger partial charge is 0.461 e. The van der Waals surface area contributed by atoms with Crippen molar-refractivity contribution in [1.82, 2.24) is 0 Å². The SMILES string of the molecule is C[Si](C)(O)O[Si](C)(C)O[Si](C)(O[Si](C)(C)O[Si](C)(C)O)C(=O)OCc1ccccc1. The molecule has 0 radical (unpaired) electrons. The average molecular weight is 509 g/mol. The lowest BCUT2D eigenvalue weighted by atomic mass is 10.2. The van der Waals surface area contributed by atoms with E-state index in [2.05, 4.69) is 0 Å². The van der Waals surface area contributed by atoms with Gasteiger partial charge in [0.1, 0.15) is 6.61 Å². The molecule has 0 atom stereocenters. The van der Waals surface area contributed by atoms with E-state index in [1.54, 1.807) is 58.9 Å². The molecular weight excluding hydrogens is 473 g/mol. The van der Waals surface area contributed by atoms with Gasteiger partial charge in [-0.15, -0.1) is 0 Å². The molecule has 0 amide bonds. The first-order chi connectivity index (χ1) is 13.3.